The van der Waals surface area contributed by atoms with Crippen LogP contribution in [-0.2, 0) is 9.84 Å². The van der Waals surface area contributed by atoms with Gasteiger partial charge >= 0.3 is 0 Å². The van der Waals surface area contributed by atoms with Crippen LogP contribution in [0.4, 0.5) is 15.8 Å². The average molecular weight is 288 g/mol. The Morgan fingerprint density at radius 3 is 2.74 bits per heavy atom. The Labute approximate surface area is 109 Å². The van der Waals surface area contributed by atoms with Gasteiger partial charge < -0.3 is 5.32 Å². The third-order valence-electron chi connectivity index (χ3n) is 3.15. The number of sulfone groups is 1. The highest BCUT2D eigenvalue weighted by Crippen LogP contribution is 2.23. The van der Waals surface area contributed by atoms with Crippen molar-refractivity contribution in [1.82, 2.24) is 0 Å². The van der Waals surface area contributed by atoms with Crippen LogP contribution in [0.1, 0.15) is 12.8 Å². The summed E-state index contributed by atoms with van der Waals surface area (Å²) >= 11 is 0. The monoisotopic (exact) mass is 288 g/mol. The second kappa shape index (κ2) is 5.12. The number of anilines is 1. The van der Waals surface area contributed by atoms with Crippen molar-refractivity contribution in [3.63, 3.8) is 0 Å². The molecule has 0 bridgehead atoms. The highest BCUT2D eigenvalue weighted by molar-refractivity contribution is 7.92. The zero-order valence-corrected chi connectivity index (χ0v) is 10.8. The lowest BCUT2D eigenvalue weighted by Gasteiger charge is -2.12. The van der Waals surface area contributed by atoms with Gasteiger partial charge in [-0.2, -0.15) is 0 Å². The standard InChI is InChI=1S/C11H13FN2O4S/c12-10-6-8(14(15)16)3-4-11(10)13-7-9-2-1-5-19(9,17)18/h3-4,6,9,13H,1-2,5,7H2. The summed E-state index contributed by atoms with van der Waals surface area (Å²) in [6, 6.07) is 3.23. The summed E-state index contributed by atoms with van der Waals surface area (Å²) in [6.45, 7) is 0.122. The molecule has 1 atom stereocenters. The molecular formula is C11H13FN2O4S. The van der Waals surface area contributed by atoms with Crippen LogP contribution in [0.25, 0.3) is 0 Å². The zero-order chi connectivity index (χ0) is 14.0. The van der Waals surface area contributed by atoms with Crippen LogP contribution in [-0.4, -0.2) is 30.9 Å². The molecule has 0 amide bonds. The number of halogens is 1. The molecule has 1 aromatic rings. The minimum Gasteiger partial charge on any atom is -0.381 e. The third-order valence-corrected chi connectivity index (χ3v) is 5.42. The minimum absolute atomic E-state index is 0.0766. The van der Waals surface area contributed by atoms with Crippen molar-refractivity contribution in [2.75, 3.05) is 17.6 Å². The van der Waals surface area contributed by atoms with Crippen LogP contribution >= 0.6 is 0 Å². The molecule has 0 spiro atoms. The molecule has 1 aliphatic rings. The van der Waals surface area contributed by atoms with Gasteiger partial charge in [0.25, 0.3) is 5.69 Å². The zero-order valence-electron chi connectivity index (χ0n) is 10.0. The van der Waals surface area contributed by atoms with Crippen molar-refractivity contribution in [3.05, 3.63) is 34.1 Å². The number of hydrogen-bond donors (Lipinski definition) is 1. The van der Waals surface area contributed by atoms with E-state index < -0.39 is 25.8 Å². The first-order valence-corrected chi connectivity index (χ1v) is 7.51. The van der Waals surface area contributed by atoms with E-state index in [1.165, 1.54) is 12.1 Å². The Bertz CT molecular complexity index is 603. The van der Waals surface area contributed by atoms with Crippen LogP contribution in [0.2, 0.25) is 0 Å². The summed E-state index contributed by atoms with van der Waals surface area (Å²) in [6.07, 6.45) is 1.18. The first-order valence-electron chi connectivity index (χ1n) is 5.79. The van der Waals surface area contributed by atoms with Crippen LogP contribution in [0.5, 0.6) is 0 Å². The fraction of sp³-hybridized carbons (Fsp3) is 0.455. The van der Waals surface area contributed by atoms with Crippen LogP contribution in [0.15, 0.2) is 18.2 Å². The number of nitro groups is 1. The molecule has 1 saturated heterocycles. The largest absolute Gasteiger partial charge is 0.381 e. The van der Waals surface area contributed by atoms with Gasteiger partial charge in [-0.1, -0.05) is 0 Å². The van der Waals surface area contributed by atoms with Crippen molar-refractivity contribution in [2.45, 2.75) is 18.1 Å². The molecule has 8 heteroatoms. The number of hydrogen-bond acceptors (Lipinski definition) is 5. The fourth-order valence-corrected chi connectivity index (χ4v) is 3.84. The van der Waals surface area contributed by atoms with Gasteiger partial charge in [0.05, 0.1) is 27.7 Å². The summed E-state index contributed by atoms with van der Waals surface area (Å²) in [5, 5.41) is 12.6. The van der Waals surface area contributed by atoms with Crippen LogP contribution in [0.3, 0.4) is 0 Å². The van der Waals surface area contributed by atoms with Crippen molar-refractivity contribution in [2.24, 2.45) is 0 Å². The van der Waals surface area contributed by atoms with Crippen molar-refractivity contribution in [3.8, 4) is 0 Å². The van der Waals surface area contributed by atoms with Gasteiger partial charge in [0.15, 0.2) is 15.7 Å². The number of nitrogens with zero attached hydrogens (tertiary/aromatic N) is 1. The first-order chi connectivity index (χ1) is 8.90. The lowest BCUT2D eigenvalue weighted by molar-refractivity contribution is -0.385. The Balaban J connectivity index is 2.06. The molecule has 1 aliphatic heterocycles. The van der Waals surface area contributed by atoms with Gasteiger partial charge in [-0.25, -0.2) is 12.8 Å². The molecule has 0 aromatic heterocycles. The highest BCUT2D eigenvalue weighted by Gasteiger charge is 2.31. The second-order valence-corrected chi connectivity index (χ2v) is 6.83. The first kappa shape index (κ1) is 13.7. The van der Waals surface area contributed by atoms with E-state index in [4.69, 9.17) is 0 Å². The van der Waals surface area contributed by atoms with E-state index in [0.717, 1.165) is 6.07 Å². The van der Waals surface area contributed by atoms with E-state index in [-0.39, 0.29) is 23.7 Å². The molecule has 1 heterocycles. The van der Waals surface area contributed by atoms with Gasteiger partial charge in [0, 0.05) is 12.6 Å². The van der Waals surface area contributed by atoms with Crippen LogP contribution < -0.4 is 5.32 Å². The van der Waals surface area contributed by atoms with E-state index in [0.29, 0.717) is 12.8 Å². The predicted molar refractivity (Wildman–Crippen MR) is 68.4 cm³/mol. The van der Waals surface area contributed by atoms with Crippen molar-refractivity contribution >= 4 is 21.2 Å². The maximum absolute atomic E-state index is 13.6. The molecule has 0 radical (unpaired) electrons. The molecule has 2 rings (SSSR count). The molecule has 1 fully saturated rings. The molecule has 6 nitrogen and oxygen atoms in total. The summed E-state index contributed by atoms with van der Waals surface area (Å²) in [4.78, 5) is 9.77. The fourth-order valence-electron chi connectivity index (χ4n) is 2.07. The topological polar surface area (TPSA) is 89.3 Å². The lowest BCUT2D eigenvalue weighted by Crippen LogP contribution is -2.25. The van der Waals surface area contributed by atoms with Gasteiger partial charge in [-0.3, -0.25) is 10.1 Å². The second-order valence-electron chi connectivity index (χ2n) is 4.43. The van der Waals surface area contributed by atoms with Gasteiger partial charge in [0.2, 0.25) is 0 Å². The van der Waals surface area contributed by atoms with E-state index in [1.54, 1.807) is 0 Å². The van der Waals surface area contributed by atoms with Gasteiger partial charge in [-0.05, 0) is 18.9 Å². The van der Waals surface area contributed by atoms with Crippen molar-refractivity contribution < 1.29 is 17.7 Å². The van der Waals surface area contributed by atoms with Crippen molar-refractivity contribution in [1.29, 1.82) is 0 Å². The highest BCUT2D eigenvalue weighted by atomic mass is 32.2. The number of nitro benzene ring substituents is 1. The molecule has 19 heavy (non-hydrogen) atoms. The normalized spacial score (nSPS) is 21.2. The molecule has 104 valence electrons. The Morgan fingerprint density at radius 1 is 1.47 bits per heavy atom. The smallest absolute Gasteiger partial charge is 0.272 e. The van der Waals surface area contributed by atoms with E-state index >= 15 is 0 Å². The Kier molecular flexibility index (Phi) is 3.70. The Hall–Kier alpha value is -1.70. The van der Waals surface area contributed by atoms with E-state index in [2.05, 4.69) is 5.32 Å². The summed E-state index contributed by atoms with van der Waals surface area (Å²) in [7, 11) is -3.08. The summed E-state index contributed by atoms with van der Waals surface area (Å²) < 4.78 is 36.7. The number of benzene rings is 1. The maximum atomic E-state index is 13.6. The predicted octanol–water partition coefficient (Wildman–Crippen LogP) is 1.72. The molecule has 0 aliphatic carbocycles. The lowest BCUT2D eigenvalue weighted by atomic mass is 10.2. The summed E-state index contributed by atoms with van der Waals surface area (Å²) in [5.74, 6) is -0.591. The number of rotatable bonds is 4. The number of non-ortho nitro benzene ring substituents is 1. The Morgan fingerprint density at radius 2 is 2.21 bits per heavy atom. The minimum atomic E-state index is -3.08. The maximum Gasteiger partial charge on any atom is 0.272 e. The SMILES string of the molecule is O=[N+]([O-])c1ccc(NCC2CCCS2(=O)=O)c(F)c1. The summed E-state index contributed by atoms with van der Waals surface area (Å²) in [5.41, 5.74) is -0.260. The molecular weight excluding hydrogens is 275 g/mol. The van der Waals surface area contributed by atoms with E-state index in [9.17, 15) is 22.9 Å². The number of nitrogens with one attached hydrogen (secondary N) is 1. The molecule has 1 N–H and O–H groups in total. The van der Waals surface area contributed by atoms with Crippen LogP contribution in [0, 0.1) is 15.9 Å². The quantitative estimate of drug-likeness (QED) is 0.673. The third kappa shape index (κ3) is 3.01. The molecule has 0 saturated carbocycles. The van der Waals surface area contributed by atoms with Gasteiger partial charge in [-0.15, -0.1) is 0 Å². The molecule has 1 aromatic carbocycles. The average Bonchev–Trinajstić information content (AvgIpc) is 2.66. The van der Waals surface area contributed by atoms with E-state index in [1.807, 2.05) is 0 Å². The van der Waals surface area contributed by atoms with Gasteiger partial charge in [0.1, 0.15) is 0 Å². The molecule has 1 unspecified atom stereocenters.